The van der Waals surface area contributed by atoms with E-state index in [1.165, 1.54) is 5.56 Å². The molecule has 4 nitrogen and oxygen atoms in total. The Kier molecular flexibility index (Phi) is 10.9. The molecule has 0 aliphatic rings. The van der Waals surface area contributed by atoms with E-state index in [0.29, 0.717) is 11.9 Å². The normalized spacial score (nSPS) is 11.2. The quantitative estimate of drug-likeness (QED) is 0.278. The van der Waals surface area contributed by atoms with Gasteiger partial charge in [-0.05, 0) is 36.5 Å². The minimum Gasteiger partial charge on any atom is -0.496 e. The summed E-state index contributed by atoms with van der Waals surface area (Å²) in [5.41, 5.74) is 6.99. The molecule has 0 bridgehead atoms. The first-order valence-corrected chi connectivity index (χ1v) is 7.68. The molecule has 3 N–H and O–H groups in total. The summed E-state index contributed by atoms with van der Waals surface area (Å²) in [5, 5.41) is 3.13. The molecule has 0 saturated carbocycles. The smallest absolute Gasteiger partial charge is 0.188 e. The van der Waals surface area contributed by atoms with E-state index in [-0.39, 0.29) is 24.0 Å². The third-order valence-electron chi connectivity index (χ3n) is 2.80. The van der Waals surface area contributed by atoms with Gasteiger partial charge in [0.25, 0.3) is 0 Å². The van der Waals surface area contributed by atoms with Gasteiger partial charge in [-0.15, -0.1) is 24.0 Å². The highest BCUT2D eigenvalue weighted by Crippen LogP contribution is 2.24. The van der Waals surface area contributed by atoms with Gasteiger partial charge in [-0.2, -0.15) is 0 Å². The van der Waals surface area contributed by atoms with Gasteiger partial charge in [-0.1, -0.05) is 35.8 Å². The molecule has 0 aromatic heterocycles. The lowest BCUT2D eigenvalue weighted by atomic mass is 10.1. The van der Waals surface area contributed by atoms with Gasteiger partial charge < -0.3 is 15.8 Å². The Labute approximate surface area is 153 Å². The molecular weight excluding hydrogens is 445 g/mol. The maximum absolute atomic E-state index is 5.79. The van der Waals surface area contributed by atoms with Crippen LogP contribution in [-0.2, 0) is 6.42 Å². The molecule has 0 heterocycles. The van der Waals surface area contributed by atoms with Crippen LogP contribution in [0, 0.1) is 5.92 Å². The summed E-state index contributed by atoms with van der Waals surface area (Å²) in [4.78, 5) is 4.27. The highest BCUT2D eigenvalue weighted by Gasteiger charge is 2.03. The van der Waals surface area contributed by atoms with Gasteiger partial charge >= 0.3 is 0 Å². The van der Waals surface area contributed by atoms with Gasteiger partial charge in [0.2, 0.25) is 0 Å². The molecule has 0 aliphatic heterocycles. The molecule has 0 spiro atoms. The van der Waals surface area contributed by atoms with Crippen molar-refractivity contribution in [2.75, 3.05) is 20.2 Å². The Morgan fingerprint density at radius 3 is 2.76 bits per heavy atom. The standard InChI is InChI=1S/C15H24BrN3O.HI/c1-11(2)10-19-15(17)18-8-4-5-12-6-7-13(16)9-14(12)20-3;/h6-7,9,11H,4-5,8,10H2,1-3H3,(H3,17,18,19);1H. The maximum atomic E-state index is 5.79. The van der Waals surface area contributed by atoms with Crippen molar-refractivity contribution < 1.29 is 4.74 Å². The van der Waals surface area contributed by atoms with Crippen LogP contribution in [0.1, 0.15) is 25.8 Å². The summed E-state index contributed by atoms with van der Waals surface area (Å²) in [6.45, 7) is 5.82. The first-order valence-electron chi connectivity index (χ1n) is 6.89. The Bertz CT molecular complexity index is 453. The number of hydrogen-bond donors (Lipinski definition) is 2. The van der Waals surface area contributed by atoms with Crippen LogP contribution in [0.4, 0.5) is 0 Å². The molecular formula is C15H25BrIN3O. The first-order chi connectivity index (χ1) is 9.52. The fraction of sp³-hybridized carbons (Fsp3) is 0.533. The van der Waals surface area contributed by atoms with E-state index < -0.39 is 0 Å². The third-order valence-corrected chi connectivity index (χ3v) is 3.30. The van der Waals surface area contributed by atoms with Crippen molar-refractivity contribution in [2.45, 2.75) is 26.7 Å². The number of nitrogens with zero attached hydrogens (tertiary/aromatic N) is 1. The molecule has 1 aromatic rings. The Hall–Kier alpha value is -0.500. The molecule has 0 aliphatic carbocycles. The van der Waals surface area contributed by atoms with E-state index in [4.69, 9.17) is 10.5 Å². The van der Waals surface area contributed by atoms with Crippen LogP contribution in [0.15, 0.2) is 27.7 Å². The highest BCUT2D eigenvalue weighted by atomic mass is 127. The van der Waals surface area contributed by atoms with Gasteiger partial charge in [0, 0.05) is 17.6 Å². The molecule has 0 amide bonds. The summed E-state index contributed by atoms with van der Waals surface area (Å²) < 4.78 is 6.40. The first kappa shape index (κ1) is 20.5. The lowest BCUT2D eigenvalue weighted by Crippen LogP contribution is -2.33. The molecule has 0 fully saturated rings. The predicted octanol–water partition coefficient (Wildman–Crippen LogP) is 3.57. The van der Waals surface area contributed by atoms with Crippen molar-refractivity contribution in [3.63, 3.8) is 0 Å². The molecule has 6 heteroatoms. The van der Waals surface area contributed by atoms with Crippen molar-refractivity contribution in [1.82, 2.24) is 5.32 Å². The summed E-state index contributed by atoms with van der Waals surface area (Å²) in [5.74, 6) is 1.98. The number of benzene rings is 1. The zero-order valence-electron chi connectivity index (χ0n) is 12.9. The van der Waals surface area contributed by atoms with Gasteiger partial charge in [-0.25, -0.2) is 0 Å². The van der Waals surface area contributed by atoms with Crippen molar-refractivity contribution in [2.24, 2.45) is 16.6 Å². The molecule has 120 valence electrons. The minimum absolute atomic E-state index is 0. The largest absolute Gasteiger partial charge is 0.496 e. The molecule has 0 atom stereocenters. The number of ether oxygens (including phenoxy) is 1. The fourth-order valence-corrected chi connectivity index (χ4v) is 2.10. The van der Waals surface area contributed by atoms with Crippen LogP contribution in [0.5, 0.6) is 5.75 Å². The Balaban J connectivity index is 0.00000400. The predicted molar refractivity (Wildman–Crippen MR) is 104 cm³/mol. The summed E-state index contributed by atoms with van der Waals surface area (Å²) in [6, 6.07) is 6.10. The van der Waals surface area contributed by atoms with Crippen LogP contribution >= 0.6 is 39.9 Å². The van der Waals surface area contributed by atoms with Gasteiger partial charge in [0.15, 0.2) is 5.96 Å². The van der Waals surface area contributed by atoms with Crippen molar-refractivity contribution in [3.8, 4) is 5.75 Å². The van der Waals surface area contributed by atoms with E-state index in [0.717, 1.165) is 36.2 Å². The average molecular weight is 470 g/mol. The molecule has 0 radical (unpaired) electrons. The van der Waals surface area contributed by atoms with E-state index in [2.05, 4.69) is 46.2 Å². The van der Waals surface area contributed by atoms with E-state index >= 15 is 0 Å². The van der Waals surface area contributed by atoms with Crippen molar-refractivity contribution in [3.05, 3.63) is 28.2 Å². The lowest BCUT2D eigenvalue weighted by Gasteiger charge is -2.10. The molecule has 0 unspecified atom stereocenters. The SMILES string of the molecule is COc1cc(Br)ccc1CCCNC(N)=NCC(C)C.I. The summed E-state index contributed by atoms with van der Waals surface area (Å²) >= 11 is 3.44. The van der Waals surface area contributed by atoms with E-state index in [9.17, 15) is 0 Å². The number of rotatable bonds is 7. The van der Waals surface area contributed by atoms with Gasteiger partial charge in [-0.3, -0.25) is 4.99 Å². The second-order valence-electron chi connectivity index (χ2n) is 5.11. The molecule has 1 rings (SSSR count). The zero-order valence-corrected chi connectivity index (χ0v) is 16.8. The molecule has 0 saturated heterocycles. The van der Waals surface area contributed by atoms with Crippen molar-refractivity contribution in [1.29, 1.82) is 0 Å². The number of guanidine groups is 1. The topological polar surface area (TPSA) is 59.6 Å². The Morgan fingerprint density at radius 1 is 1.43 bits per heavy atom. The average Bonchev–Trinajstić information content (AvgIpc) is 2.42. The number of halogens is 2. The van der Waals surface area contributed by atoms with Crippen LogP contribution in [0.3, 0.4) is 0 Å². The lowest BCUT2D eigenvalue weighted by molar-refractivity contribution is 0.409. The zero-order chi connectivity index (χ0) is 15.0. The van der Waals surface area contributed by atoms with E-state index in [1.807, 2.05) is 12.1 Å². The number of nitrogens with two attached hydrogens (primary N) is 1. The number of aryl methyl sites for hydroxylation is 1. The number of nitrogens with one attached hydrogen (secondary N) is 1. The van der Waals surface area contributed by atoms with Crippen LogP contribution in [0.25, 0.3) is 0 Å². The second kappa shape index (κ2) is 11.1. The van der Waals surface area contributed by atoms with Crippen LogP contribution < -0.4 is 15.8 Å². The fourth-order valence-electron chi connectivity index (χ4n) is 1.76. The maximum Gasteiger partial charge on any atom is 0.188 e. The summed E-state index contributed by atoms with van der Waals surface area (Å²) in [7, 11) is 1.69. The monoisotopic (exact) mass is 469 g/mol. The minimum atomic E-state index is 0. The van der Waals surface area contributed by atoms with Crippen LogP contribution in [0.2, 0.25) is 0 Å². The highest BCUT2D eigenvalue weighted by molar-refractivity contribution is 14.0. The molecule has 21 heavy (non-hydrogen) atoms. The number of methoxy groups -OCH3 is 1. The van der Waals surface area contributed by atoms with Gasteiger partial charge in [0.1, 0.15) is 5.75 Å². The molecule has 1 aromatic carbocycles. The third kappa shape index (κ3) is 8.50. The van der Waals surface area contributed by atoms with Crippen molar-refractivity contribution >= 4 is 45.9 Å². The van der Waals surface area contributed by atoms with E-state index in [1.54, 1.807) is 7.11 Å². The van der Waals surface area contributed by atoms with Gasteiger partial charge in [0.05, 0.1) is 7.11 Å². The Morgan fingerprint density at radius 2 is 2.14 bits per heavy atom. The number of hydrogen-bond acceptors (Lipinski definition) is 2. The number of aliphatic imine (C=N–C) groups is 1. The van der Waals surface area contributed by atoms with Crippen LogP contribution in [-0.4, -0.2) is 26.2 Å². The second-order valence-corrected chi connectivity index (χ2v) is 6.02. The summed E-state index contributed by atoms with van der Waals surface area (Å²) in [6.07, 6.45) is 1.93.